The van der Waals surface area contributed by atoms with E-state index in [9.17, 15) is 4.79 Å². The number of nitrogens with one attached hydrogen (secondary N) is 1. The predicted molar refractivity (Wildman–Crippen MR) is 95.2 cm³/mol. The molecule has 0 aliphatic carbocycles. The number of likely N-dealkylation sites (tertiary alicyclic amines) is 2. The van der Waals surface area contributed by atoms with E-state index in [0.717, 1.165) is 25.3 Å². The standard InChI is InChI=1S/C18H31N5O/c1-13-7-5-6-9-22(13)17-11-21(12-17)18(24)19-8-10-23-16(4)14(2)15(3)20-23/h13,17H,5-12H2,1-4H3,(H,19,24). The topological polar surface area (TPSA) is 53.4 Å². The Hall–Kier alpha value is -1.56. The maximum Gasteiger partial charge on any atom is 0.317 e. The van der Waals surface area contributed by atoms with Gasteiger partial charge in [0.15, 0.2) is 0 Å². The number of amides is 2. The van der Waals surface area contributed by atoms with Crippen LogP contribution in [0.1, 0.15) is 43.1 Å². The lowest BCUT2D eigenvalue weighted by molar-refractivity contribution is 0.0169. The zero-order chi connectivity index (χ0) is 17.3. The molecule has 2 aliphatic heterocycles. The van der Waals surface area contributed by atoms with Gasteiger partial charge in [-0.25, -0.2) is 4.79 Å². The molecule has 1 aromatic rings. The number of piperidine rings is 1. The first kappa shape index (κ1) is 17.3. The van der Waals surface area contributed by atoms with Gasteiger partial charge in [0.05, 0.1) is 12.2 Å². The lowest BCUT2D eigenvalue weighted by atomic mass is 9.98. The van der Waals surface area contributed by atoms with Crippen molar-refractivity contribution >= 4 is 6.03 Å². The molecule has 2 saturated heterocycles. The van der Waals surface area contributed by atoms with Crippen LogP contribution in [-0.2, 0) is 6.54 Å². The van der Waals surface area contributed by atoms with E-state index in [2.05, 4.69) is 36.1 Å². The summed E-state index contributed by atoms with van der Waals surface area (Å²) in [6.07, 6.45) is 3.94. The molecule has 2 fully saturated rings. The first-order valence-corrected chi connectivity index (χ1v) is 9.26. The minimum Gasteiger partial charge on any atom is -0.336 e. The molecule has 1 atom stereocenters. The molecule has 3 heterocycles. The fraction of sp³-hybridized carbons (Fsp3) is 0.778. The summed E-state index contributed by atoms with van der Waals surface area (Å²) in [6, 6.07) is 1.29. The average molecular weight is 333 g/mol. The molecule has 2 amide bonds. The molecule has 3 rings (SSSR count). The van der Waals surface area contributed by atoms with Gasteiger partial charge in [-0.15, -0.1) is 0 Å². The van der Waals surface area contributed by atoms with Crippen LogP contribution in [0, 0.1) is 20.8 Å². The number of hydrogen-bond donors (Lipinski definition) is 1. The Bertz CT molecular complexity index is 590. The van der Waals surface area contributed by atoms with E-state index in [1.165, 1.54) is 37.1 Å². The van der Waals surface area contributed by atoms with Crippen molar-refractivity contribution in [2.45, 2.75) is 65.6 Å². The zero-order valence-electron chi connectivity index (χ0n) is 15.5. The molecule has 1 N–H and O–H groups in total. The number of carbonyl (C=O) groups excluding carboxylic acids is 1. The maximum atomic E-state index is 12.2. The monoisotopic (exact) mass is 333 g/mol. The van der Waals surface area contributed by atoms with Crippen LogP contribution in [-0.4, -0.2) is 63.9 Å². The average Bonchev–Trinajstić information content (AvgIpc) is 2.75. The van der Waals surface area contributed by atoms with Gasteiger partial charge in [0, 0.05) is 37.4 Å². The van der Waals surface area contributed by atoms with Crippen molar-refractivity contribution in [3.63, 3.8) is 0 Å². The highest BCUT2D eigenvalue weighted by molar-refractivity contribution is 5.75. The van der Waals surface area contributed by atoms with Crippen molar-refractivity contribution in [2.24, 2.45) is 0 Å². The predicted octanol–water partition coefficient (Wildman–Crippen LogP) is 2.08. The van der Waals surface area contributed by atoms with Crippen LogP contribution < -0.4 is 5.32 Å². The first-order valence-electron chi connectivity index (χ1n) is 9.26. The minimum absolute atomic E-state index is 0.0640. The van der Waals surface area contributed by atoms with E-state index < -0.39 is 0 Å². The highest BCUT2D eigenvalue weighted by atomic mass is 16.2. The van der Waals surface area contributed by atoms with Crippen molar-refractivity contribution in [1.82, 2.24) is 24.9 Å². The lowest BCUT2D eigenvalue weighted by Crippen LogP contribution is -2.65. The number of urea groups is 1. The number of hydrogen-bond acceptors (Lipinski definition) is 3. The van der Waals surface area contributed by atoms with E-state index in [1.54, 1.807) is 0 Å². The van der Waals surface area contributed by atoms with E-state index in [-0.39, 0.29) is 6.03 Å². The van der Waals surface area contributed by atoms with Crippen molar-refractivity contribution in [2.75, 3.05) is 26.2 Å². The summed E-state index contributed by atoms with van der Waals surface area (Å²) in [5, 5.41) is 7.54. The van der Waals surface area contributed by atoms with Crippen molar-refractivity contribution in [1.29, 1.82) is 0 Å². The second kappa shape index (κ2) is 7.13. The SMILES string of the molecule is Cc1nn(CCNC(=O)N2CC(N3CCCCC3C)C2)c(C)c1C. The quantitative estimate of drug-likeness (QED) is 0.918. The van der Waals surface area contributed by atoms with Gasteiger partial charge in [0.25, 0.3) is 0 Å². The van der Waals surface area contributed by atoms with Gasteiger partial charge in [0.1, 0.15) is 0 Å². The lowest BCUT2D eigenvalue weighted by Gasteiger charge is -2.49. The maximum absolute atomic E-state index is 12.2. The highest BCUT2D eigenvalue weighted by Gasteiger charge is 2.37. The number of aryl methyl sites for hydroxylation is 1. The van der Waals surface area contributed by atoms with Gasteiger partial charge >= 0.3 is 6.03 Å². The molecule has 6 heteroatoms. The molecule has 0 aromatic carbocycles. The number of aromatic nitrogens is 2. The summed E-state index contributed by atoms with van der Waals surface area (Å²) in [5.74, 6) is 0. The molecule has 2 aliphatic rings. The molecule has 24 heavy (non-hydrogen) atoms. The van der Waals surface area contributed by atoms with Crippen LogP contribution in [0.15, 0.2) is 0 Å². The zero-order valence-corrected chi connectivity index (χ0v) is 15.5. The molecule has 134 valence electrons. The third-order valence-electron chi connectivity index (χ3n) is 5.82. The van der Waals surface area contributed by atoms with Crippen molar-refractivity contribution in [3.05, 3.63) is 17.0 Å². The van der Waals surface area contributed by atoms with Crippen LogP contribution in [0.4, 0.5) is 4.79 Å². The first-order chi connectivity index (χ1) is 11.5. The Morgan fingerprint density at radius 2 is 2.00 bits per heavy atom. The minimum atomic E-state index is 0.0640. The summed E-state index contributed by atoms with van der Waals surface area (Å²) in [6.45, 7) is 12.8. The van der Waals surface area contributed by atoms with E-state index in [4.69, 9.17) is 0 Å². The van der Waals surface area contributed by atoms with Gasteiger partial charge in [-0.1, -0.05) is 6.42 Å². The molecule has 0 bridgehead atoms. The number of rotatable bonds is 4. The summed E-state index contributed by atoms with van der Waals surface area (Å²) >= 11 is 0. The van der Waals surface area contributed by atoms with Gasteiger partial charge < -0.3 is 10.2 Å². The molecule has 0 saturated carbocycles. The van der Waals surface area contributed by atoms with Gasteiger partial charge in [0.2, 0.25) is 0 Å². The van der Waals surface area contributed by atoms with Crippen LogP contribution in [0.5, 0.6) is 0 Å². The van der Waals surface area contributed by atoms with Gasteiger partial charge in [-0.2, -0.15) is 5.10 Å². The van der Waals surface area contributed by atoms with Crippen LogP contribution in [0.3, 0.4) is 0 Å². The van der Waals surface area contributed by atoms with Crippen LogP contribution >= 0.6 is 0 Å². The molecular weight excluding hydrogens is 302 g/mol. The smallest absolute Gasteiger partial charge is 0.317 e. The Morgan fingerprint density at radius 3 is 2.62 bits per heavy atom. The Morgan fingerprint density at radius 1 is 1.25 bits per heavy atom. The van der Waals surface area contributed by atoms with Gasteiger partial charge in [-0.3, -0.25) is 9.58 Å². The normalized spacial score (nSPS) is 22.5. The Kier molecular flexibility index (Phi) is 5.13. The molecule has 0 radical (unpaired) electrons. The van der Waals surface area contributed by atoms with E-state index in [1.807, 2.05) is 16.5 Å². The summed E-state index contributed by atoms with van der Waals surface area (Å²) in [4.78, 5) is 16.8. The van der Waals surface area contributed by atoms with E-state index in [0.29, 0.717) is 18.6 Å². The molecule has 1 unspecified atom stereocenters. The van der Waals surface area contributed by atoms with Crippen molar-refractivity contribution < 1.29 is 4.79 Å². The Labute approximate surface area is 145 Å². The fourth-order valence-corrected chi connectivity index (χ4v) is 3.88. The second-order valence-electron chi connectivity index (χ2n) is 7.39. The number of nitrogens with zero attached hydrogens (tertiary/aromatic N) is 4. The second-order valence-corrected chi connectivity index (χ2v) is 7.39. The third-order valence-corrected chi connectivity index (χ3v) is 5.82. The molecule has 1 aromatic heterocycles. The summed E-state index contributed by atoms with van der Waals surface area (Å²) < 4.78 is 1.99. The Balaban J connectivity index is 1.40. The van der Waals surface area contributed by atoms with Crippen LogP contribution in [0.25, 0.3) is 0 Å². The highest BCUT2D eigenvalue weighted by Crippen LogP contribution is 2.24. The number of carbonyl (C=O) groups is 1. The largest absolute Gasteiger partial charge is 0.336 e. The van der Waals surface area contributed by atoms with Crippen LogP contribution in [0.2, 0.25) is 0 Å². The van der Waals surface area contributed by atoms with Crippen molar-refractivity contribution in [3.8, 4) is 0 Å². The summed E-state index contributed by atoms with van der Waals surface area (Å²) in [7, 11) is 0. The fourth-order valence-electron chi connectivity index (χ4n) is 3.88. The summed E-state index contributed by atoms with van der Waals surface area (Å²) in [5.41, 5.74) is 3.49. The van der Waals surface area contributed by atoms with Gasteiger partial charge in [-0.05, 0) is 52.6 Å². The molecule has 6 nitrogen and oxygen atoms in total. The third kappa shape index (κ3) is 3.43. The van der Waals surface area contributed by atoms with E-state index >= 15 is 0 Å². The molecule has 0 spiro atoms. The molecular formula is C18H31N5O.